The quantitative estimate of drug-likeness (QED) is 0.864. The second kappa shape index (κ2) is 7.01. The predicted octanol–water partition coefficient (Wildman–Crippen LogP) is 3.69. The van der Waals surface area contributed by atoms with Gasteiger partial charge in [0.2, 0.25) is 0 Å². The van der Waals surface area contributed by atoms with Crippen LogP contribution < -0.4 is 0 Å². The van der Waals surface area contributed by atoms with Crippen molar-refractivity contribution < 1.29 is 14.3 Å². The second-order valence-corrected chi connectivity index (χ2v) is 5.52. The highest BCUT2D eigenvalue weighted by molar-refractivity contribution is 9.10. The molecule has 0 aliphatic rings. The van der Waals surface area contributed by atoms with Gasteiger partial charge in [0.05, 0.1) is 5.92 Å². The predicted molar refractivity (Wildman–Crippen MR) is 76.6 cm³/mol. The number of halogens is 2. The van der Waals surface area contributed by atoms with Crippen molar-refractivity contribution in [2.45, 2.75) is 26.8 Å². The van der Waals surface area contributed by atoms with Gasteiger partial charge in [-0.25, -0.2) is 4.39 Å². The summed E-state index contributed by atoms with van der Waals surface area (Å²) in [7, 11) is 0. The lowest BCUT2D eigenvalue weighted by atomic mass is 10.0. The number of rotatable bonds is 6. The van der Waals surface area contributed by atoms with Crippen molar-refractivity contribution >= 4 is 21.9 Å². The smallest absolute Gasteiger partial charge is 0.307 e. The number of hydrogen-bond acceptors (Lipinski definition) is 2. The van der Waals surface area contributed by atoms with Crippen LogP contribution in [0.4, 0.5) is 4.39 Å². The summed E-state index contributed by atoms with van der Waals surface area (Å²) in [6.07, 6.45) is 0. The molecule has 0 aliphatic carbocycles. The summed E-state index contributed by atoms with van der Waals surface area (Å²) in [6, 6.07) is 4.62. The van der Waals surface area contributed by atoms with Gasteiger partial charge in [-0.2, -0.15) is 0 Å². The fourth-order valence-electron chi connectivity index (χ4n) is 2.03. The number of nitrogens with zero attached hydrogens (tertiary/aromatic N) is 1. The van der Waals surface area contributed by atoms with Crippen molar-refractivity contribution in [1.29, 1.82) is 0 Å². The molecule has 3 nitrogen and oxygen atoms in total. The highest BCUT2D eigenvalue weighted by Crippen LogP contribution is 2.28. The Labute approximate surface area is 121 Å². The molecule has 2 unspecified atom stereocenters. The molecule has 0 saturated carbocycles. The third-order valence-corrected chi connectivity index (χ3v) is 3.98. The van der Waals surface area contributed by atoms with E-state index in [2.05, 4.69) is 20.8 Å². The molecule has 1 aromatic rings. The van der Waals surface area contributed by atoms with Crippen molar-refractivity contribution in [3.63, 3.8) is 0 Å². The van der Waals surface area contributed by atoms with Crippen molar-refractivity contribution in [2.24, 2.45) is 5.92 Å². The van der Waals surface area contributed by atoms with Crippen LogP contribution >= 0.6 is 15.9 Å². The minimum Gasteiger partial charge on any atom is -0.481 e. The van der Waals surface area contributed by atoms with Gasteiger partial charge in [-0.1, -0.05) is 35.8 Å². The molecule has 106 valence electrons. The summed E-state index contributed by atoms with van der Waals surface area (Å²) in [5.41, 5.74) is 0.959. The van der Waals surface area contributed by atoms with Crippen LogP contribution in [0.5, 0.6) is 0 Å². The van der Waals surface area contributed by atoms with Crippen LogP contribution in [0.25, 0.3) is 0 Å². The van der Waals surface area contributed by atoms with Crippen LogP contribution in [0.1, 0.15) is 32.4 Å². The third-order valence-electron chi connectivity index (χ3n) is 3.30. The standard InChI is InChI=1S/C14H19BrFNO2/c1-4-17(8-9(2)14(18)19)10(3)12-6-5-11(16)7-13(12)15/h5-7,9-10H,4,8H2,1-3H3,(H,18,19). The van der Waals surface area contributed by atoms with Gasteiger partial charge >= 0.3 is 5.97 Å². The zero-order valence-corrected chi connectivity index (χ0v) is 12.9. The Morgan fingerprint density at radius 3 is 2.58 bits per heavy atom. The molecule has 0 aliphatic heterocycles. The van der Waals surface area contributed by atoms with Crippen molar-refractivity contribution in [1.82, 2.24) is 4.90 Å². The lowest BCUT2D eigenvalue weighted by molar-refractivity contribution is -0.141. The first-order valence-corrected chi connectivity index (χ1v) is 7.07. The van der Waals surface area contributed by atoms with E-state index in [1.54, 1.807) is 13.0 Å². The van der Waals surface area contributed by atoms with Gasteiger partial charge in [0.25, 0.3) is 0 Å². The average molecular weight is 332 g/mol. The molecule has 0 heterocycles. The van der Waals surface area contributed by atoms with Crippen LogP contribution in [-0.2, 0) is 4.79 Å². The fourth-order valence-corrected chi connectivity index (χ4v) is 2.71. The zero-order chi connectivity index (χ0) is 14.6. The molecular formula is C14H19BrFNO2. The van der Waals surface area contributed by atoms with Gasteiger partial charge in [0.1, 0.15) is 5.82 Å². The molecule has 0 fully saturated rings. The summed E-state index contributed by atoms with van der Waals surface area (Å²) in [5, 5.41) is 8.98. The topological polar surface area (TPSA) is 40.5 Å². The van der Waals surface area contributed by atoms with Crippen LogP contribution in [-0.4, -0.2) is 29.1 Å². The lowest BCUT2D eigenvalue weighted by Gasteiger charge is -2.30. The maximum Gasteiger partial charge on any atom is 0.307 e. The van der Waals surface area contributed by atoms with Crippen LogP contribution in [0.15, 0.2) is 22.7 Å². The number of hydrogen-bond donors (Lipinski definition) is 1. The van der Waals surface area contributed by atoms with Gasteiger partial charge in [-0.3, -0.25) is 9.69 Å². The molecule has 0 amide bonds. The Kier molecular flexibility index (Phi) is 5.94. The van der Waals surface area contributed by atoms with Crippen molar-refractivity contribution in [3.05, 3.63) is 34.1 Å². The van der Waals surface area contributed by atoms with Gasteiger partial charge in [-0.05, 0) is 31.2 Å². The maximum absolute atomic E-state index is 13.1. The van der Waals surface area contributed by atoms with Crippen LogP contribution in [0, 0.1) is 11.7 Å². The first kappa shape index (κ1) is 16.1. The molecule has 19 heavy (non-hydrogen) atoms. The first-order valence-electron chi connectivity index (χ1n) is 6.28. The van der Waals surface area contributed by atoms with E-state index in [4.69, 9.17) is 5.11 Å². The summed E-state index contributed by atoms with van der Waals surface area (Å²) in [4.78, 5) is 13.0. The summed E-state index contributed by atoms with van der Waals surface area (Å²) in [6.45, 7) is 6.88. The Morgan fingerprint density at radius 1 is 1.47 bits per heavy atom. The number of aliphatic carboxylic acids is 1. The van der Waals surface area contributed by atoms with Gasteiger partial charge < -0.3 is 5.11 Å². The molecule has 1 N–H and O–H groups in total. The Morgan fingerprint density at radius 2 is 2.11 bits per heavy atom. The van der Waals surface area contributed by atoms with Crippen LogP contribution in [0.3, 0.4) is 0 Å². The molecular weight excluding hydrogens is 313 g/mol. The van der Waals surface area contributed by atoms with Crippen molar-refractivity contribution in [3.8, 4) is 0 Å². The van der Waals surface area contributed by atoms with Crippen molar-refractivity contribution in [2.75, 3.05) is 13.1 Å². The average Bonchev–Trinajstić information content (AvgIpc) is 2.34. The van der Waals surface area contributed by atoms with E-state index in [-0.39, 0.29) is 11.9 Å². The van der Waals surface area contributed by atoms with E-state index in [0.717, 1.165) is 12.1 Å². The number of carbonyl (C=O) groups is 1. The molecule has 0 bridgehead atoms. The number of carboxylic acids is 1. The van der Waals surface area contributed by atoms with E-state index >= 15 is 0 Å². The largest absolute Gasteiger partial charge is 0.481 e. The van der Waals surface area contributed by atoms with E-state index in [0.29, 0.717) is 11.0 Å². The second-order valence-electron chi connectivity index (χ2n) is 4.67. The number of benzene rings is 1. The fraction of sp³-hybridized carbons (Fsp3) is 0.500. The molecule has 2 atom stereocenters. The van der Waals surface area contributed by atoms with Gasteiger partial charge in [0, 0.05) is 17.1 Å². The molecule has 0 radical (unpaired) electrons. The first-order chi connectivity index (χ1) is 8.86. The molecule has 0 spiro atoms. The molecule has 1 aromatic carbocycles. The molecule has 0 aromatic heterocycles. The van der Waals surface area contributed by atoms with E-state index in [9.17, 15) is 9.18 Å². The molecule has 0 saturated heterocycles. The number of carboxylic acid groups (broad SMARTS) is 1. The summed E-state index contributed by atoms with van der Waals surface area (Å²) < 4.78 is 13.8. The van der Waals surface area contributed by atoms with Crippen LogP contribution in [0.2, 0.25) is 0 Å². The van der Waals surface area contributed by atoms with E-state index in [1.807, 2.05) is 13.8 Å². The summed E-state index contributed by atoms with van der Waals surface area (Å²) in [5.74, 6) is -1.52. The van der Waals surface area contributed by atoms with E-state index < -0.39 is 11.9 Å². The van der Waals surface area contributed by atoms with E-state index in [1.165, 1.54) is 12.1 Å². The highest BCUT2D eigenvalue weighted by Gasteiger charge is 2.21. The molecule has 1 rings (SSSR count). The Bertz CT molecular complexity index is 453. The monoisotopic (exact) mass is 331 g/mol. The maximum atomic E-state index is 13.1. The Balaban J connectivity index is 2.88. The lowest BCUT2D eigenvalue weighted by Crippen LogP contribution is -2.34. The minimum atomic E-state index is -0.802. The molecule has 5 heteroatoms. The highest BCUT2D eigenvalue weighted by atomic mass is 79.9. The SMILES string of the molecule is CCN(CC(C)C(=O)O)C(C)c1ccc(F)cc1Br. The third kappa shape index (κ3) is 4.28. The zero-order valence-electron chi connectivity index (χ0n) is 11.4. The summed E-state index contributed by atoms with van der Waals surface area (Å²) >= 11 is 3.36. The van der Waals surface area contributed by atoms with Gasteiger partial charge in [0.15, 0.2) is 0 Å². The normalized spacial score (nSPS) is 14.4. The Hall–Kier alpha value is -0.940. The van der Waals surface area contributed by atoms with Gasteiger partial charge in [-0.15, -0.1) is 0 Å². The minimum absolute atomic E-state index is 0.0294.